The predicted octanol–water partition coefficient (Wildman–Crippen LogP) is -0.417. The third-order valence-electron chi connectivity index (χ3n) is 1.97. The number of esters is 1. The molecule has 0 unspecified atom stereocenters. The molecular weight excluding hydrogens is 156 g/mol. The molecule has 4 heteroatoms. The lowest BCUT2D eigenvalue weighted by Crippen LogP contribution is -2.31. The number of hydrogen-bond donors (Lipinski definition) is 1. The molecule has 0 aliphatic carbocycles. The van der Waals surface area contributed by atoms with Gasteiger partial charge in [0.1, 0.15) is 0 Å². The van der Waals surface area contributed by atoms with Crippen molar-refractivity contribution in [3.8, 4) is 0 Å². The Morgan fingerprint density at radius 1 is 1.75 bits per heavy atom. The van der Waals surface area contributed by atoms with E-state index in [1.807, 2.05) is 11.8 Å². The van der Waals surface area contributed by atoms with E-state index in [1.165, 1.54) is 0 Å². The summed E-state index contributed by atoms with van der Waals surface area (Å²) in [4.78, 5) is 13.0. The number of ether oxygens (including phenoxy) is 1. The van der Waals surface area contributed by atoms with Gasteiger partial charge in [-0.1, -0.05) is 0 Å². The predicted molar refractivity (Wildman–Crippen MR) is 45.7 cm³/mol. The highest BCUT2D eigenvalue weighted by atomic mass is 16.5. The van der Waals surface area contributed by atoms with Gasteiger partial charge in [-0.2, -0.15) is 0 Å². The van der Waals surface area contributed by atoms with Crippen molar-refractivity contribution in [2.24, 2.45) is 5.73 Å². The quantitative estimate of drug-likeness (QED) is 0.588. The second-order valence-electron chi connectivity index (χ2n) is 3.09. The second-order valence-corrected chi connectivity index (χ2v) is 3.09. The third-order valence-corrected chi connectivity index (χ3v) is 1.97. The topological polar surface area (TPSA) is 55.6 Å². The molecule has 1 fully saturated rings. The van der Waals surface area contributed by atoms with Crippen molar-refractivity contribution in [3.63, 3.8) is 0 Å². The molecule has 1 aliphatic rings. The fourth-order valence-electron chi connectivity index (χ4n) is 1.40. The first-order valence-corrected chi connectivity index (χ1v) is 4.36. The van der Waals surface area contributed by atoms with Crippen molar-refractivity contribution in [1.82, 2.24) is 4.90 Å². The maximum atomic E-state index is 11.0. The van der Waals surface area contributed by atoms with Gasteiger partial charge in [0.2, 0.25) is 0 Å². The zero-order valence-corrected chi connectivity index (χ0v) is 7.45. The number of rotatable bonds is 3. The van der Waals surface area contributed by atoms with Crippen LogP contribution in [0.5, 0.6) is 0 Å². The molecule has 1 saturated heterocycles. The third kappa shape index (κ3) is 2.79. The first-order chi connectivity index (χ1) is 5.72. The highest BCUT2D eigenvalue weighted by Crippen LogP contribution is 2.05. The van der Waals surface area contributed by atoms with Gasteiger partial charge >= 0.3 is 5.97 Å². The molecule has 0 spiro atoms. The summed E-state index contributed by atoms with van der Waals surface area (Å²) in [6.45, 7) is 4.40. The Balaban J connectivity index is 2.18. The van der Waals surface area contributed by atoms with Crippen LogP contribution in [0.25, 0.3) is 0 Å². The first-order valence-electron chi connectivity index (χ1n) is 4.36. The van der Waals surface area contributed by atoms with Gasteiger partial charge in [0, 0.05) is 19.1 Å². The molecule has 0 aromatic heterocycles. The molecule has 0 aromatic carbocycles. The standard InChI is InChI=1S/C8H16N2O2/c1-2-12-8(11)6-10-4-3-7(9)5-10/h7H,2-6,9H2,1H3/t7-/m1/s1. The van der Waals surface area contributed by atoms with E-state index in [0.29, 0.717) is 13.2 Å². The van der Waals surface area contributed by atoms with Gasteiger partial charge in [0.05, 0.1) is 13.2 Å². The maximum Gasteiger partial charge on any atom is 0.320 e. The summed E-state index contributed by atoms with van der Waals surface area (Å²) in [5.74, 6) is -0.147. The first kappa shape index (κ1) is 9.48. The summed E-state index contributed by atoms with van der Waals surface area (Å²) >= 11 is 0. The van der Waals surface area contributed by atoms with Gasteiger partial charge in [0.15, 0.2) is 0 Å². The number of carbonyl (C=O) groups is 1. The zero-order chi connectivity index (χ0) is 8.97. The molecule has 1 rings (SSSR count). The lowest BCUT2D eigenvalue weighted by atomic mass is 10.3. The molecule has 2 N–H and O–H groups in total. The van der Waals surface area contributed by atoms with Crippen molar-refractivity contribution in [3.05, 3.63) is 0 Å². The normalized spacial score (nSPS) is 24.3. The Labute approximate surface area is 72.7 Å². The van der Waals surface area contributed by atoms with Crippen molar-refractivity contribution in [1.29, 1.82) is 0 Å². The molecule has 0 saturated carbocycles. The van der Waals surface area contributed by atoms with Crippen LogP contribution >= 0.6 is 0 Å². The SMILES string of the molecule is CCOC(=O)CN1CC[C@@H](N)C1. The summed E-state index contributed by atoms with van der Waals surface area (Å²) in [7, 11) is 0. The Morgan fingerprint density at radius 2 is 2.50 bits per heavy atom. The van der Waals surface area contributed by atoms with Crippen LogP contribution in [0.4, 0.5) is 0 Å². The van der Waals surface area contributed by atoms with E-state index in [2.05, 4.69) is 0 Å². The smallest absolute Gasteiger partial charge is 0.320 e. The van der Waals surface area contributed by atoms with Crippen molar-refractivity contribution < 1.29 is 9.53 Å². The van der Waals surface area contributed by atoms with Gasteiger partial charge < -0.3 is 10.5 Å². The van der Waals surface area contributed by atoms with Crippen LogP contribution < -0.4 is 5.73 Å². The molecule has 0 radical (unpaired) electrons. The summed E-state index contributed by atoms with van der Waals surface area (Å²) in [6.07, 6.45) is 0.986. The van der Waals surface area contributed by atoms with E-state index in [9.17, 15) is 4.79 Å². The average molecular weight is 172 g/mol. The number of nitrogens with two attached hydrogens (primary N) is 1. The van der Waals surface area contributed by atoms with Gasteiger partial charge in [-0.3, -0.25) is 9.69 Å². The number of likely N-dealkylation sites (tertiary alicyclic amines) is 1. The van der Waals surface area contributed by atoms with E-state index in [1.54, 1.807) is 0 Å². The fourth-order valence-corrected chi connectivity index (χ4v) is 1.40. The molecule has 0 bridgehead atoms. The number of carbonyl (C=O) groups excluding carboxylic acids is 1. The maximum absolute atomic E-state index is 11.0. The molecule has 1 aliphatic heterocycles. The molecular formula is C8H16N2O2. The average Bonchev–Trinajstić information content (AvgIpc) is 2.36. The molecule has 12 heavy (non-hydrogen) atoms. The van der Waals surface area contributed by atoms with Gasteiger partial charge in [-0.25, -0.2) is 0 Å². The minimum atomic E-state index is -0.147. The van der Waals surface area contributed by atoms with Gasteiger partial charge in [-0.05, 0) is 13.3 Å². The van der Waals surface area contributed by atoms with E-state index in [-0.39, 0.29) is 12.0 Å². The Morgan fingerprint density at radius 3 is 3.00 bits per heavy atom. The minimum absolute atomic E-state index is 0.147. The monoisotopic (exact) mass is 172 g/mol. The van der Waals surface area contributed by atoms with Crippen LogP contribution in [0.2, 0.25) is 0 Å². The van der Waals surface area contributed by atoms with Crippen LogP contribution in [0.1, 0.15) is 13.3 Å². The second kappa shape index (κ2) is 4.42. The molecule has 1 atom stereocenters. The highest BCUT2D eigenvalue weighted by molar-refractivity contribution is 5.71. The van der Waals surface area contributed by atoms with Crippen LogP contribution in [0.15, 0.2) is 0 Å². The minimum Gasteiger partial charge on any atom is -0.465 e. The van der Waals surface area contributed by atoms with E-state index in [0.717, 1.165) is 19.5 Å². The Hall–Kier alpha value is -0.610. The molecule has 0 amide bonds. The number of nitrogens with zero attached hydrogens (tertiary/aromatic N) is 1. The van der Waals surface area contributed by atoms with E-state index < -0.39 is 0 Å². The summed E-state index contributed by atoms with van der Waals surface area (Å²) < 4.78 is 4.82. The van der Waals surface area contributed by atoms with E-state index >= 15 is 0 Å². The lowest BCUT2D eigenvalue weighted by Gasteiger charge is -2.13. The van der Waals surface area contributed by atoms with Crippen LogP contribution in [0.3, 0.4) is 0 Å². The van der Waals surface area contributed by atoms with Crippen LogP contribution in [-0.4, -0.2) is 43.2 Å². The van der Waals surface area contributed by atoms with Crippen molar-refractivity contribution in [2.45, 2.75) is 19.4 Å². The molecule has 0 aromatic rings. The highest BCUT2D eigenvalue weighted by Gasteiger charge is 2.21. The molecule has 1 heterocycles. The largest absolute Gasteiger partial charge is 0.465 e. The molecule has 4 nitrogen and oxygen atoms in total. The zero-order valence-electron chi connectivity index (χ0n) is 7.45. The van der Waals surface area contributed by atoms with Crippen LogP contribution in [0, 0.1) is 0 Å². The van der Waals surface area contributed by atoms with Gasteiger partial charge in [0.25, 0.3) is 0 Å². The lowest BCUT2D eigenvalue weighted by molar-refractivity contribution is -0.144. The van der Waals surface area contributed by atoms with Crippen molar-refractivity contribution in [2.75, 3.05) is 26.2 Å². The Bertz CT molecular complexity index is 161. The summed E-state index contributed by atoms with van der Waals surface area (Å²) in [5, 5.41) is 0. The van der Waals surface area contributed by atoms with Crippen molar-refractivity contribution >= 4 is 5.97 Å². The summed E-state index contributed by atoms with van der Waals surface area (Å²) in [5.41, 5.74) is 5.68. The Kier molecular flexibility index (Phi) is 3.49. The van der Waals surface area contributed by atoms with Crippen LogP contribution in [-0.2, 0) is 9.53 Å². The van der Waals surface area contributed by atoms with Gasteiger partial charge in [-0.15, -0.1) is 0 Å². The molecule has 70 valence electrons. The summed E-state index contributed by atoms with van der Waals surface area (Å²) in [6, 6.07) is 0.236. The fraction of sp³-hybridized carbons (Fsp3) is 0.875. The van der Waals surface area contributed by atoms with E-state index in [4.69, 9.17) is 10.5 Å². The number of hydrogen-bond acceptors (Lipinski definition) is 4.